The molecule has 2 rings (SSSR count). The minimum atomic E-state index is -4.35. The summed E-state index contributed by atoms with van der Waals surface area (Å²) >= 11 is 2.93. The van der Waals surface area contributed by atoms with Crippen LogP contribution in [0.4, 0.5) is 13.2 Å². The number of thioether (sulfide) groups is 1. The molecule has 0 aliphatic rings. The minimum Gasteiger partial charge on any atom is -0.320 e. The van der Waals surface area contributed by atoms with Crippen LogP contribution in [0.2, 0.25) is 0 Å². The van der Waals surface area contributed by atoms with Crippen LogP contribution in [0.1, 0.15) is 16.0 Å². The number of nitrogens with zero attached hydrogens (tertiary/aromatic N) is 1. The van der Waals surface area contributed by atoms with Crippen molar-refractivity contribution in [3.8, 4) is 11.8 Å². The van der Waals surface area contributed by atoms with Crippen LogP contribution >= 0.6 is 23.1 Å². The highest BCUT2D eigenvalue weighted by atomic mass is 32.2. The molecule has 2 aromatic heterocycles. The van der Waals surface area contributed by atoms with Crippen LogP contribution in [0.15, 0.2) is 34.8 Å². The molecule has 2 heterocycles. The molecule has 0 atom stereocenters. The highest BCUT2D eigenvalue weighted by Gasteiger charge is 2.30. The molecule has 0 amide bonds. The van der Waals surface area contributed by atoms with Crippen molar-refractivity contribution < 1.29 is 13.2 Å². The second kappa shape index (κ2) is 6.98. The van der Waals surface area contributed by atoms with Crippen molar-refractivity contribution in [2.45, 2.75) is 17.0 Å². The average molecular weight is 328 g/mol. The molecular formula is C14H11F3N2S2. The topological polar surface area (TPSA) is 38.9 Å². The van der Waals surface area contributed by atoms with Crippen molar-refractivity contribution in [2.75, 3.05) is 6.54 Å². The monoisotopic (exact) mass is 328 g/mol. The highest BCUT2D eigenvalue weighted by Crippen LogP contribution is 2.31. The van der Waals surface area contributed by atoms with Crippen LogP contribution in [-0.4, -0.2) is 11.5 Å². The Morgan fingerprint density at radius 2 is 2.10 bits per heavy atom. The second-order valence-electron chi connectivity index (χ2n) is 3.93. The molecule has 0 saturated heterocycles. The third kappa shape index (κ3) is 4.49. The molecule has 0 spiro atoms. The molecule has 0 saturated carbocycles. The Labute approximate surface area is 128 Å². The molecule has 0 aromatic carbocycles. The van der Waals surface area contributed by atoms with Crippen molar-refractivity contribution in [1.29, 1.82) is 0 Å². The standard InChI is InChI=1S/C14H11F3N2S2/c15-14(16,17)11-3-4-13(19-8-11)21-9-12-10(2-1-6-18)5-7-20-12/h3-5,7-8H,6,9,18H2. The molecule has 2 N–H and O–H groups in total. The molecule has 21 heavy (non-hydrogen) atoms. The zero-order valence-corrected chi connectivity index (χ0v) is 12.4. The molecule has 7 heteroatoms. The summed E-state index contributed by atoms with van der Waals surface area (Å²) in [5.41, 5.74) is 5.50. The summed E-state index contributed by atoms with van der Waals surface area (Å²) in [4.78, 5) is 4.89. The van der Waals surface area contributed by atoms with Gasteiger partial charge in [0.2, 0.25) is 0 Å². The quantitative estimate of drug-likeness (QED) is 0.689. The molecule has 0 radical (unpaired) electrons. The summed E-state index contributed by atoms with van der Waals surface area (Å²) in [6, 6.07) is 4.33. The van der Waals surface area contributed by atoms with Crippen LogP contribution in [0.3, 0.4) is 0 Å². The Hall–Kier alpha value is -1.49. The fourth-order valence-corrected chi connectivity index (χ4v) is 3.27. The molecule has 0 aliphatic carbocycles. The summed E-state index contributed by atoms with van der Waals surface area (Å²) in [6.45, 7) is 0.295. The smallest absolute Gasteiger partial charge is 0.320 e. The first kappa shape index (κ1) is 15.9. The maximum Gasteiger partial charge on any atom is 0.417 e. The van der Waals surface area contributed by atoms with Gasteiger partial charge in [0, 0.05) is 22.4 Å². The molecule has 0 aliphatic heterocycles. The van der Waals surface area contributed by atoms with Gasteiger partial charge >= 0.3 is 6.18 Å². The average Bonchev–Trinajstić information content (AvgIpc) is 2.90. The van der Waals surface area contributed by atoms with Gasteiger partial charge in [-0.25, -0.2) is 4.98 Å². The first-order valence-electron chi connectivity index (χ1n) is 5.92. The van der Waals surface area contributed by atoms with E-state index in [4.69, 9.17) is 5.73 Å². The lowest BCUT2D eigenvalue weighted by Gasteiger charge is -2.06. The van der Waals surface area contributed by atoms with E-state index in [0.29, 0.717) is 17.3 Å². The van der Waals surface area contributed by atoms with E-state index in [0.717, 1.165) is 22.7 Å². The Kier molecular flexibility index (Phi) is 5.28. The molecule has 2 nitrogen and oxygen atoms in total. The zero-order valence-electron chi connectivity index (χ0n) is 10.8. The van der Waals surface area contributed by atoms with Crippen molar-refractivity contribution in [3.05, 3.63) is 45.8 Å². The highest BCUT2D eigenvalue weighted by molar-refractivity contribution is 7.98. The second-order valence-corrected chi connectivity index (χ2v) is 5.93. The third-order valence-corrected chi connectivity index (χ3v) is 4.56. The summed E-state index contributed by atoms with van der Waals surface area (Å²) < 4.78 is 37.3. The lowest BCUT2D eigenvalue weighted by atomic mass is 10.3. The number of aromatic nitrogens is 1. The zero-order chi connectivity index (χ0) is 15.3. The van der Waals surface area contributed by atoms with E-state index >= 15 is 0 Å². The summed E-state index contributed by atoms with van der Waals surface area (Å²) in [6.07, 6.45) is -3.50. The Morgan fingerprint density at radius 1 is 1.29 bits per heavy atom. The lowest BCUT2D eigenvalue weighted by Crippen LogP contribution is -2.05. The Morgan fingerprint density at radius 3 is 2.71 bits per heavy atom. The first-order valence-corrected chi connectivity index (χ1v) is 7.78. The van der Waals surface area contributed by atoms with Gasteiger partial charge < -0.3 is 5.73 Å². The van der Waals surface area contributed by atoms with E-state index in [1.165, 1.54) is 17.8 Å². The van der Waals surface area contributed by atoms with E-state index in [9.17, 15) is 13.2 Å². The third-order valence-electron chi connectivity index (χ3n) is 2.49. The number of thiophene rings is 1. The molecule has 110 valence electrons. The van der Waals surface area contributed by atoms with Crippen molar-refractivity contribution in [3.63, 3.8) is 0 Å². The number of halogens is 3. The van der Waals surface area contributed by atoms with E-state index < -0.39 is 11.7 Å². The van der Waals surface area contributed by atoms with Crippen LogP contribution in [0, 0.1) is 11.8 Å². The normalized spacial score (nSPS) is 11.0. The van der Waals surface area contributed by atoms with Gasteiger partial charge in [0.15, 0.2) is 0 Å². The fourth-order valence-electron chi connectivity index (χ4n) is 1.48. The lowest BCUT2D eigenvalue weighted by molar-refractivity contribution is -0.137. The van der Waals surface area contributed by atoms with Gasteiger partial charge in [-0.2, -0.15) is 13.2 Å². The number of pyridine rings is 1. The van der Waals surface area contributed by atoms with E-state index in [1.807, 2.05) is 11.4 Å². The molecule has 0 bridgehead atoms. The van der Waals surface area contributed by atoms with Crippen LogP contribution in [-0.2, 0) is 11.9 Å². The maximum absolute atomic E-state index is 12.4. The fraction of sp³-hybridized carbons (Fsp3) is 0.214. The van der Waals surface area contributed by atoms with Crippen LogP contribution in [0.5, 0.6) is 0 Å². The predicted molar refractivity (Wildman–Crippen MR) is 79.1 cm³/mol. The van der Waals surface area contributed by atoms with Crippen molar-refractivity contribution in [2.24, 2.45) is 5.73 Å². The maximum atomic E-state index is 12.4. The number of nitrogens with two attached hydrogens (primary N) is 1. The van der Waals surface area contributed by atoms with E-state index in [-0.39, 0.29) is 0 Å². The Balaban J connectivity index is 2.02. The van der Waals surface area contributed by atoms with Gasteiger partial charge in [0.05, 0.1) is 17.1 Å². The number of hydrogen-bond donors (Lipinski definition) is 1. The summed E-state index contributed by atoms with van der Waals surface area (Å²) in [5.74, 6) is 6.37. The molecular weight excluding hydrogens is 317 g/mol. The Bertz CT molecular complexity index is 651. The number of rotatable bonds is 3. The van der Waals surface area contributed by atoms with Gasteiger partial charge in [-0.15, -0.1) is 23.1 Å². The minimum absolute atomic E-state index is 0.295. The van der Waals surface area contributed by atoms with Crippen molar-refractivity contribution >= 4 is 23.1 Å². The SMILES string of the molecule is NCC#Cc1ccsc1CSc1ccc(C(F)(F)F)cn1. The summed E-state index contributed by atoms with van der Waals surface area (Å²) in [7, 11) is 0. The predicted octanol–water partition coefficient (Wildman–Crippen LogP) is 3.76. The van der Waals surface area contributed by atoms with E-state index in [2.05, 4.69) is 16.8 Å². The van der Waals surface area contributed by atoms with E-state index in [1.54, 1.807) is 11.3 Å². The number of alkyl halides is 3. The van der Waals surface area contributed by atoms with Crippen LogP contribution in [0.25, 0.3) is 0 Å². The van der Waals surface area contributed by atoms with Gasteiger partial charge in [-0.3, -0.25) is 0 Å². The van der Waals surface area contributed by atoms with Crippen molar-refractivity contribution in [1.82, 2.24) is 4.98 Å². The first-order chi connectivity index (χ1) is 10.0. The van der Waals surface area contributed by atoms with Gasteiger partial charge in [0.1, 0.15) is 0 Å². The van der Waals surface area contributed by atoms with Gasteiger partial charge in [-0.1, -0.05) is 11.8 Å². The molecule has 2 aromatic rings. The van der Waals surface area contributed by atoms with Gasteiger partial charge in [-0.05, 0) is 23.6 Å². The summed E-state index contributed by atoms with van der Waals surface area (Å²) in [5, 5.41) is 2.48. The van der Waals surface area contributed by atoms with Crippen LogP contribution < -0.4 is 5.73 Å². The molecule has 0 unspecified atom stereocenters. The number of hydrogen-bond acceptors (Lipinski definition) is 4. The van der Waals surface area contributed by atoms with Gasteiger partial charge in [0.25, 0.3) is 0 Å². The largest absolute Gasteiger partial charge is 0.417 e. The molecule has 0 fully saturated rings.